The van der Waals surface area contributed by atoms with Crippen molar-refractivity contribution < 1.29 is 14.7 Å². The molecule has 3 aromatic rings. The van der Waals surface area contributed by atoms with Crippen molar-refractivity contribution in [2.24, 2.45) is 5.73 Å². The number of carbonyl (C=O) groups is 2. The first-order valence-electron chi connectivity index (χ1n) is 6.66. The van der Waals surface area contributed by atoms with Crippen molar-refractivity contribution >= 4 is 29.0 Å². The number of carboxylic acid groups (broad SMARTS) is 1. The number of aromatic amines is 1. The van der Waals surface area contributed by atoms with Crippen molar-refractivity contribution in [3.63, 3.8) is 0 Å². The Kier molecular flexibility index (Phi) is 7.16. The number of rotatable bonds is 1. The van der Waals surface area contributed by atoms with E-state index in [9.17, 15) is 9.59 Å². The summed E-state index contributed by atoms with van der Waals surface area (Å²) < 4.78 is 0. The molecule has 0 fully saturated rings. The molecule has 1 amide bonds. The summed E-state index contributed by atoms with van der Waals surface area (Å²) in [6.07, 6.45) is 1.66. The summed E-state index contributed by atoms with van der Waals surface area (Å²) in [6, 6.07) is 13.6. The van der Waals surface area contributed by atoms with E-state index in [0.717, 1.165) is 5.52 Å². The average Bonchev–Trinajstić information content (AvgIpc) is 2.57. The van der Waals surface area contributed by atoms with Gasteiger partial charge < -0.3 is 21.6 Å². The van der Waals surface area contributed by atoms with E-state index in [1.807, 2.05) is 18.2 Å². The van der Waals surface area contributed by atoms with Crippen molar-refractivity contribution in [2.45, 2.75) is 0 Å². The molecule has 0 aliphatic carbocycles. The van der Waals surface area contributed by atoms with Gasteiger partial charge in [0.1, 0.15) is 0 Å². The molecule has 0 saturated carbocycles. The zero-order valence-electron chi connectivity index (χ0n) is 12.5. The van der Waals surface area contributed by atoms with Gasteiger partial charge >= 0.3 is 5.97 Å². The Bertz CT molecular complexity index is 872. The predicted octanol–water partition coefficient (Wildman–Crippen LogP) is 0.992. The number of nitrogen functional groups attached to an aromatic ring is 1. The minimum absolute atomic E-state index is 0.0874. The van der Waals surface area contributed by atoms with Gasteiger partial charge in [0.25, 0.3) is 5.56 Å². The highest BCUT2D eigenvalue weighted by molar-refractivity contribution is 5.93. The highest BCUT2D eigenvalue weighted by atomic mass is 16.4. The van der Waals surface area contributed by atoms with Crippen LogP contribution in [0.5, 0.6) is 0 Å². The molecule has 0 unspecified atom stereocenters. The molecule has 6 N–H and O–H groups in total. The molecule has 24 heavy (non-hydrogen) atoms. The SMILES string of the molecule is NC=O.Nc1ccccc1C(=O)O.O=c1[nH]cnc2ccccc12. The van der Waals surface area contributed by atoms with E-state index in [0.29, 0.717) is 11.1 Å². The van der Waals surface area contributed by atoms with Crippen LogP contribution in [0.4, 0.5) is 5.69 Å². The first-order chi connectivity index (χ1) is 11.5. The number of benzene rings is 2. The van der Waals surface area contributed by atoms with Crippen LogP contribution in [-0.4, -0.2) is 27.5 Å². The highest BCUT2D eigenvalue weighted by Crippen LogP contribution is 2.09. The summed E-state index contributed by atoms with van der Waals surface area (Å²) >= 11 is 0. The number of carboxylic acids is 1. The zero-order valence-corrected chi connectivity index (χ0v) is 12.5. The zero-order chi connectivity index (χ0) is 17.9. The Hall–Kier alpha value is -3.68. The first-order valence-corrected chi connectivity index (χ1v) is 6.66. The van der Waals surface area contributed by atoms with Gasteiger partial charge in [-0.1, -0.05) is 24.3 Å². The van der Waals surface area contributed by atoms with Gasteiger partial charge in [-0.3, -0.25) is 9.59 Å². The molecule has 0 aliphatic heterocycles. The summed E-state index contributed by atoms with van der Waals surface area (Å²) in [6.45, 7) is 0. The monoisotopic (exact) mass is 328 g/mol. The van der Waals surface area contributed by atoms with E-state index in [-0.39, 0.29) is 17.5 Å². The fourth-order valence-corrected chi connectivity index (χ4v) is 1.71. The number of nitrogens with zero attached hydrogens (tertiary/aromatic N) is 1. The lowest BCUT2D eigenvalue weighted by atomic mass is 10.2. The second kappa shape index (κ2) is 9.36. The summed E-state index contributed by atoms with van der Waals surface area (Å²) in [5.74, 6) is -0.988. The third kappa shape index (κ3) is 5.26. The topological polar surface area (TPSA) is 152 Å². The molecular weight excluding hydrogens is 312 g/mol. The van der Waals surface area contributed by atoms with Gasteiger partial charge in [0.2, 0.25) is 6.41 Å². The number of aromatic carboxylic acids is 1. The summed E-state index contributed by atoms with van der Waals surface area (Å²) in [4.78, 5) is 36.5. The summed E-state index contributed by atoms with van der Waals surface area (Å²) in [5, 5.41) is 9.12. The number of carbonyl (C=O) groups excluding carboxylic acids is 1. The Balaban J connectivity index is 0.000000208. The molecule has 0 atom stereocenters. The van der Waals surface area contributed by atoms with Gasteiger partial charge in [-0.25, -0.2) is 9.78 Å². The fraction of sp³-hybridized carbons (Fsp3) is 0. The van der Waals surface area contributed by atoms with E-state index in [2.05, 4.69) is 15.7 Å². The number of nitrogens with one attached hydrogen (secondary N) is 1. The Morgan fingerprint density at radius 1 is 1.12 bits per heavy atom. The number of hydrogen-bond acceptors (Lipinski definition) is 5. The molecular formula is C16H16N4O4. The van der Waals surface area contributed by atoms with E-state index in [1.165, 1.54) is 12.4 Å². The molecule has 0 aliphatic rings. The van der Waals surface area contributed by atoms with Crippen LogP contribution in [0, 0.1) is 0 Å². The van der Waals surface area contributed by atoms with Gasteiger partial charge in [-0.2, -0.15) is 0 Å². The number of H-pyrrole nitrogens is 1. The normalized spacial score (nSPS) is 9.00. The molecule has 0 radical (unpaired) electrons. The molecule has 8 heteroatoms. The van der Waals surface area contributed by atoms with Crippen LogP contribution in [0.3, 0.4) is 0 Å². The van der Waals surface area contributed by atoms with Crippen molar-refractivity contribution in [3.05, 3.63) is 70.8 Å². The van der Waals surface area contributed by atoms with Crippen LogP contribution in [0.15, 0.2) is 59.7 Å². The first kappa shape index (κ1) is 18.4. The maximum absolute atomic E-state index is 11.1. The van der Waals surface area contributed by atoms with Crippen LogP contribution in [0.1, 0.15) is 10.4 Å². The lowest BCUT2D eigenvalue weighted by Gasteiger charge is -1.96. The third-order valence-corrected chi connectivity index (χ3v) is 2.74. The number of hydrogen-bond donors (Lipinski definition) is 4. The maximum Gasteiger partial charge on any atom is 0.337 e. The minimum atomic E-state index is -0.988. The Morgan fingerprint density at radius 2 is 1.71 bits per heavy atom. The predicted molar refractivity (Wildman–Crippen MR) is 90.4 cm³/mol. The largest absolute Gasteiger partial charge is 0.478 e. The van der Waals surface area contributed by atoms with Gasteiger partial charge in [0.05, 0.1) is 22.8 Å². The van der Waals surface area contributed by atoms with Gasteiger partial charge in [-0.05, 0) is 24.3 Å². The number of amides is 1. The number of primary amides is 1. The van der Waals surface area contributed by atoms with Crippen LogP contribution in [0.2, 0.25) is 0 Å². The molecule has 1 heterocycles. The molecule has 0 spiro atoms. The van der Waals surface area contributed by atoms with Gasteiger partial charge in [0.15, 0.2) is 0 Å². The van der Waals surface area contributed by atoms with E-state index >= 15 is 0 Å². The van der Waals surface area contributed by atoms with Crippen molar-refractivity contribution in [1.29, 1.82) is 0 Å². The number of fused-ring (bicyclic) bond motifs is 1. The minimum Gasteiger partial charge on any atom is -0.478 e. The summed E-state index contributed by atoms with van der Waals surface area (Å²) in [5.41, 5.74) is 10.6. The van der Waals surface area contributed by atoms with E-state index in [1.54, 1.807) is 24.3 Å². The van der Waals surface area contributed by atoms with E-state index < -0.39 is 5.97 Å². The van der Waals surface area contributed by atoms with Crippen LogP contribution in [0.25, 0.3) is 10.9 Å². The lowest BCUT2D eigenvalue weighted by molar-refractivity contribution is -0.106. The van der Waals surface area contributed by atoms with Crippen molar-refractivity contribution in [2.75, 3.05) is 5.73 Å². The lowest BCUT2D eigenvalue weighted by Crippen LogP contribution is -2.05. The fourth-order valence-electron chi connectivity index (χ4n) is 1.71. The number of aromatic nitrogens is 2. The number of anilines is 1. The van der Waals surface area contributed by atoms with Crippen molar-refractivity contribution in [3.8, 4) is 0 Å². The highest BCUT2D eigenvalue weighted by Gasteiger charge is 2.03. The molecule has 0 bridgehead atoms. The third-order valence-electron chi connectivity index (χ3n) is 2.74. The van der Waals surface area contributed by atoms with Gasteiger partial charge in [-0.15, -0.1) is 0 Å². The molecule has 8 nitrogen and oxygen atoms in total. The molecule has 3 rings (SSSR count). The van der Waals surface area contributed by atoms with Gasteiger partial charge in [0, 0.05) is 5.69 Å². The van der Waals surface area contributed by atoms with E-state index in [4.69, 9.17) is 15.6 Å². The maximum atomic E-state index is 11.1. The molecule has 2 aromatic carbocycles. The Morgan fingerprint density at radius 3 is 2.25 bits per heavy atom. The quantitative estimate of drug-likeness (QED) is 0.386. The number of para-hydroxylation sites is 2. The second-order valence-electron chi connectivity index (χ2n) is 4.28. The van der Waals surface area contributed by atoms with Crippen LogP contribution < -0.4 is 17.0 Å². The number of nitrogens with two attached hydrogens (primary N) is 2. The van der Waals surface area contributed by atoms with Crippen LogP contribution in [-0.2, 0) is 4.79 Å². The molecule has 124 valence electrons. The second-order valence-corrected chi connectivity index (χ2v) is 4.28. The van der Waals surface area contributed by atoms with Crippen molar-refractivity contribution in [1.82, 2.24) is 9.97 Å². The summed E-state index contributed by atoms with van der Waals surface area (Å²) in [7, 11) is 0. The average molecular weight is 328 g/mol. The molecule has 0 saturated heterocycles. The standard InChI is InChI=1S/C8H6N2O.C7H7NO2.CH3NO/c11-8-6-3-1-2-4-7(6)9-5-10-8;8-6-4-2-1-3-5(6)7(9)10;2-1-3/h1-5H,(H,9,10,11);1-4H,8H2,(H,9,10);1H,(H2,2,3). The molecule has 1 aromatic heterocycles. The van der Waals surface area contributed by atoms with Crippen LogP contribution >= 0.6 is 0 Å². The Labute approximate surface area is 136 Å². The smallest absolute Gasteiger partial charge is 0.337 e.